The summed E-state index contributed by atoms with van der Waals surface area (Å²) in [6, 6.07) is 0. The number of carbonyl (C=O) groups is 2. The summed E-state index contributed by atoms with van der Waals surface area (Å²) in [5.74, 6) is -21.4. The fourth-order valence-electron chi connectivity index (χ4n) is 1.53. The Morgan fingerprint density at radius 2 is 1.38 bits per heavy atom. The van der Waals surface area contributed by atoms with Gasteiger partial charge in [-0.05, 0) is 13.3 Å². The second kappa shape index (κ2) is 7.60. The van der Waals surface area contributed by atoms with E-state index < -0.39 is 61.4 Å². The van der Waals surface area contributed by atoms with E-state index in [0.29, 0.717) is 0 Å². The number of hydrogen-bond donors (Lipinski definition) is 0. The van der Waals surface area contributed by atoms with Crippen LogP contribution in [-0.4, -0.2) is 42.3 Å². The molecule has 0 spiro atoms. The lowest BCUT2D eigenvalue weighted by Gasteiger charge is -2.33. The summed E-state index contributed by atoms with van der Waals surface area (Å²) >= 11 is 0. The molecule has 0 aliphatic heterocycles. The van der Waals surface area contributed by atoms with Gasteiger partial charge in [0, 0.05) is 12.8 Å². The van der Waals surface area contributed by atoms with Crippen molar-refractivity contribution in [1.29, 1.82) is 0 Å². The van der Waals surface area contributed by atoms with E-state index >= 15 is 0 Å². The Balaban J connectivity index is 4.80. The largest absolute Gasteiger partial charge is 0.466 e. The Bertz CT molecular complexity index is 457. The third kappa shape index (κ3) is 5.00. The van der Waals surface area contributed by atoms with Gasteiger partial charge in [-0.15, -0.1) is 0 Å². The highest BCUT2D eigenvalue weighted by molar-refractivity contribution is 5.95. The molecule has 0 aliphatic carbocycles. The SMILES string of the molecule is CCOC(=O)CC(=O)CCCC(F)(F)C(F)(F)C(F)(F)C(F)(F)F. The second-order valence-corrected chi connectivity index (χ2v) is 4.73. The topological polar surface area (TPSA) is 43.4 Å². The minimum absolute atomic E-state index is 0.0804. The molecule has 0 saturated heterocycles. The van der Waals surface area contributed by atoms with Crippen LogP contribution < -0.4 is 0 Å². The maximum atomic E-state index is 13.1. The van der Waals surface area contributed by atoms with Crippen molar-refractivity contribution in [1.82, 2.24) is 0 Å². The Morgan fingerprint density at radius 1 is 0.875 bits per heavy atom. The molecule has 0 amide bonds. The van der Waals surface area contributed by atoms with Crippen LogP contribution in [0.2, 0.25) is 0 Å². The van der Waals surface area contributed by atoms with E-state index in [4.69, 9.17) is 0 Å². The van der Waals surface area contributed by atoms with E-state index in [0.717, 1.165) is 0 Å². The van der Waals surface area contributed by atoms with Gasteiger partial charge in [0.15, 0.2) is 0 Å². The average molecular weight is 376 g/mol. The average Bonchev–Trinajstić information content (AvgIpc) is 2.36. The van der Waals surface area contributed by atoms with E-state index in [-0.39, 0.29) is 6.61 Å². The first kappa shape index (κ1) is 22.5. The summed E-state index contributed by atoms with van der Waals surface area (Å²) in [6.45, 7) is 1.33. The van der Waals surface area contributed by atoms with E-state index in [1.165, 1.54) is 6.92 Å². The van der Waals surface area contributed by atoms with Crippen molar-refractivity contribution in [2.24, 2.45) is 0 Å². The van der Waals surface area contributed by atoms with Gasteiger partial charge in [-0.2, -0.15) is 39.5 Å². The molecule has 0 rings (SSSR count). The molecule has 0 saturated carbocycles. The minimum Gasteiger partial charge on any atom is -0.466 e. The Morgan fingerprint density at radius 3 is 1.79 bits per heavy atom. The monoisotopic (exact) mass is 376 g/mol. The molecule has 0 atom stereocenters. The number of halogens is 9. The predicted molar refractivity (Wildman–Crippen MR) is 61.0 cm³/mol. The number of alkyl halides is 9. The third-order valence-corrected chi connectivity index (χ3v) is 2.80. The molecule has 0 radical (unpaired) electrons. The van der Waals surface area contributed by atoms with Crippen LogP contribution in [0.5, 0.6) is 0 Å². The normalized spacial score (nSPS) is 13.8. The minimum atomic E-state index is -6.95. The highest BCUT2D eigenvalue weighted by Gasteiger charge is 2.81. The van der Waals surface area contributed by atoms with Crippen LogP contribution in [0.25, 0.3) is 0 Å². The van der Waals surface area contributed by atoms with Crippen LogP contribution in [0.15, 0.2) is 0 Å². The molecule has 0 unspecified atom stereocenters. The fourth-order valence-corrected chi connectivity index (χ4v) is 1.53. The molecule has 3 nitrogen and oxygen atoms in total. The van der Waals surface area contributed by atoms with E-state index in [1.807, 2.05) is 0 Å². The molecule has 24 heavy (non-hydrogen) atoms. The first-order valence-electron chi connectivity index (χ1n) is 6.47. The molecule has 0 heterocycles. The van der Waals surface area contributed by atoms with Crippen molar-refractivity contribution >= 4 is 11.8 Å². The van der Waals surface area contributed by atoms with Gasteiger partial charge in [-0.3, -0.25) is 9.59 Å². The first-order valence-corrected chi connectivity index (χ1v) is 6.47. The van der Waals surface area contributed by atoms with E-state index in [2.05, 4.69) is 4.74 Å². The van der Waals surface area contributed by atoms with E-state index in [9.17, 15) is 49.1 Å². The Labute approximate surface area is 130 Å². The van der Waals surface area contributed by atoms with Gasteiger partial charge in [0.25, 0.3) is 0 Å². The van der Waals surface area contributed by atoms with Crippen LogP contribution in [0.3, 0.4) is 0 Å². The summed E-state index contributed by atoms with van der Waals surface area (Å²) < 4.78 is 117. The Kier molecular flexibility index (Phi) is 7.13. The molecule has 0 aromatic carbocycles. The quantitative estimate of drug-likeness (QED) is 0.345. The summed E-state index contributed by atoms with van der Waals surface area (Å²) in [5, 5.41) is 0. The molecule has 12 heteroatoms. The smallest absolute Gasteiger partial charge is 0.460 e. The van der Waals surface area contributed by atoms with Gasteiger partial charge in [0.05, 0.1) is 6.61 Å². The summed E-state index contributed by atoms with van der Waals surface area (Å²) in [5.41, 5.74) is 0. The van der Waals surface area contributed by atoms with Gasteiger partial charge in [-0.1, -0.05) is 0 Å². The number of ether oxygens (including phenoxy) is 1. The lowest BCUT2D eigenvalue weighted by Crippen LogP contribution is -2.60. The Hall–Kier alpha value is -1.49. The molecule has 142 valence electrons. The molecular weight excluding hydrogens is 363 g/mol. The zero-order valence-corrected chi connectivity index (χ0v) is 12.2. The van der Waals surface area contributed by atoms with Crippen molar-refractivity contribution in [2.75, 3.05) is 6.61 Å². The summed E-state index contributed by atoms with van der Waals surface area (Å²) in [7, 11) is 0. The van der Waals surface area contributed by atoms with Gasteiger partial charge < -0.3 is 4.74 Å². The molecule has 0 aliphatic rings. The highest BCUT2D eigenvalue weighted by atomic mass is 19.4. The van der Waals surface area contributed by atoms with Crippen LogP contribution in [0.4, 0.5) is 39.5 Å². The number of esters is 1. The van der Waals surface area contributed by atoms with Crippen molar-refractivity contribution in [3.05, 3.63) is 0 Å². The number of hydrogen-bond acceptors (Lipinski definition) is 3. The summed E-state index contributed by atoms with van der Waals surface area (Å²) in [6.07, 6.45) is -11.8. The number of carbonyl (C=O) groups excluding carboxylic acids is 2. The standard InChI is InChI=1S/C12H13F9O3/c1-2-24-8(23)6-7(22)4-3-5-9(13,14)10(15,16)11(17,18)12(19,20)21/h2-6H2,1H3. The van der Waals surface area contributed by atoms with Crippen molar-refractivity contribution in [3.8, 4) is 0 Å². The van der Waals surface area contributed by atoms with Gasteiger partial charge in [0.2, 0.25) is 0 Å². The van der Waals surface area contributed by atoms with Crippen molar-refractivity contribution < 1.29 is 53.8 Å². The molecule has 0 fully saturated rings. The number of rotatable bonds is 9. The maximum absolute atomic E-state index is 13.1. The van der Waals surface area contributed by atoms with Gasteiger partial charge in [-0.25, -0.2) is 0 Å². The second-order valence-electron chi connectivity index (χ2n) is 4.73. The lowest BCUT2D eigenvalue weighted by molar-refractivity contribution is -0.396. The van der Waals surface area contributed by atoms with E-state index in [1.54, 1.807) is 0 Å². The number of ketones is 1. The van der Waals surface area contributed by atoms with Crippen LogP contribution in [0, 0.1) is 0 Å². The maximum Gasteiger partial charge on any atom is 0.460 e. The van der Waals surface area contributed by atoms with Crippen molar-refractivity contribution in [2.45, 2.75) is 56.6 Å². The molecule has 0 aromatic rings. The van der Waals surface area contributed by atoms with Gasteiger partial charge >= 0.3 is 29.9 Å². The fraction of sp³-hybridized carbons (Fsp3) is 0.833. The molecular formula is C12H13F9O3. The van der Waals surface area contributed by atoms with Crippen molar-refractivity contribution in [3.63, 3.8) is 0 Å². The third-order valence-electron chi connectivity index (χ3n) is 2.80. The zero-order chi connectivity index (χ0) is 19.4. The molecule has 0 aromatic heterocycles. The predicted octanol–water partition coefficient (Wildman–Crippen LogP) is 4.15. The van der Waals surface area contributed by atoms with Crippen LogP contribution >= 0.6 is 0 Å². The number of Topliss-reactive ketones (excluding diaryl/α,β-unsaturated/α-hetero) is 1. The van der Waals surface area contributed by atoms with Gasteiger partial charge in [0.1, 0.15) is 12.2 Å². The molecule has 0 bridgehead atoms. The molecule has 0 N–H and O–H groups in total. The summed E-state index contributed by atoms with van der Waals surface area (Å²) in [4.78, 5) is 22.0. The van der Waals surface area contributed by atoms with Crippen LogP contribution in [-0.2, 0) is 14.3 Å². The highest BCUT2D eigenvalue weighted by Crippen LogP contribution is 2.54. The van der Waals surface area contributed by atoms with Crippen LogP contribution in [0.1, 0.15) is 32.6 Å². The zero-order valence-electron chi connectivity index (χ0n) is 12.2. The first-order chi connectivity index (χ1) is 10.6. The lowest BCUT2D eigenvalue weighted by atomic mass is 9.98.